The zero-order chi connectivity index (χ0) is 14.8. The predicted octanol–water partition coefficient (Wildman–Crippen LogP) is 2.55. The molecule has 0 aliphatic rings. The summed E-state index contributed by atoms with van der Waals surface area (Å²) in [5, 5.41) is 1.09. The topological polar surface area (TPSA) is 67.9 Å². The molecule has 0 fully saturated rings. The summed E-state index contributed by atoms with van der Waals surface area (Å²) >= 11 is 0. The number of nitrogen functional groups attached to an aromatic ring is 1. The molecule has 2 N–H and O–H groups in total. The maximum atomic E-state index is 5.62. The predicted molar refractivity (Wildman–Crippen MR) is 85.0 cm³/mol. The maximum Gasteiger partial charge on any atom is 0.140 e. The van der Waals surface area contributed by atoms with Crippen molar-refractivity contribution in [3.63, 3.8) is 0 Å². The van der Waals surface area contributed by atoms with Gasteiger partial charge in [-0.1, -0.05) is 18.2 Å². The number of nitrogens with two attached hydrogens (primary N) is 1. The van der Waals surface area contributed by atoms with Crippen LogP contribution in [0.4, 0.5) is 11.6 Å². The smallest absolute Gasteiger partial charge is 0.140 e. The molecule has 0 amide bonds. The number of anilines is 2. The summed E-state index contributed by atoms with van der Waals surface area (Å²) in [6, 6.07) is 9.89. The van der Waals surface area contributed by atoms with Crippen molar-refractivity contribution in [3.8, 4) is 0 Å². The van der Waals surface area contributed by atoms with Crippen LogP contribution < -0.4 is 10.6 Å². The van der Waals surface area contributed by atoms with E-state index in [0.29, 0.717) is 12.4 Å². The molecule has 0 bridgehead atoms. The summed E-state index contributed by atoms with van der Waals surface area (Å²) in [6.07, 6.45) is 3.40. The van der Waals surface area contributed by atoms with Gasteiger partial charge in [0.15, 0.2) is 0 Å². The van der Waals surface area contributed by atoms with Gasteiger partial charge in [-0.2, -0.15) is 0 Å². The van der Waals surface area contributed by atoms with Crippen molar-refractivity contribution in [3.05, 3.63) is 54.0 Å². The largest absolute Gasteiger partial charge is 0.384 e. The Morgan fingerprint density at radius 3 is 2.71 bits per heavy atom. The lowest BCUT2D eigenvalue weighted by Crippen LogP contribution is -2.18. The Labute approximate surface area is 123 Å². The minimum atomic E-state index is 0.532. The lowest BCUT2D eigenvalue weighted by molar-refractivity contribution is 0.894. The van der Waals surface area contributed by atoms with E-state index in [-0.39, 0.29) is 0 Å². The van der Waals surface area contributed by atoms with Gasteiger partial charge in [-0.3, -0.25) is 0 Å². The van der Waals surface area contributed by atoms with Crippen LogP contribution in [0.3, 0.4) is 0 Å². The number of pyridine rings is 1. The average Bonchev–Trinajstić information content (AvgIpc) is 2.49. The highest BCUT2D eigenvalue weighted by Gasteiger charge is 2.11. The van der Waals surface area contributed by atoms with E-state index in [2.05, 4.69) is 32.8 Å². The summed E-state index contributed by atoms with van der Waals surface area (Å²) in [5.74, 6) is 1.46. The Balaban J connectivity index is 1.98. The van der Waals surface area contributed by atoms with Gasteiger partial charge in [0, 0.05) is 25.2 Å². The molecule has 5 nitrogen and oxygen atoms in total. The number of aryl methyl sites for hydroxylation is 1. The zero-order valence-electron chi connectivity index (χ0n) is 12.1. The third-order valence-corrected chi connectivity index (χ3v) is 3.48. The Hall–Kier alpha value is -2.69. The SMILES string of the molecule is Cc1cccc2ncnc(N(C)Cc3ccc(N)nc3)c12. The second kappa shape index (κ2) is 5.36. The summed E-state index contributed by atoms with van der Waals surface area (Å²) in [4.78, 5) is 15.0. The van der Waals surface area contributed by atoms with E-state index in [1.165, 1.54) is 5.56 Å². The second-order valence-corrected chi connectivity index (χ2v) is 5.11. The van der Waals surface area contributed by atoms with E-state index >= 15 is 0 Å². The van der Waals surface area contributed by atoms with Crippen LogP contribution in [0.5, 0.6) is 0 Å². The normalized spacial score (nSPS) is 10.8. The minimum absolute atomic E-state index is 0.532. The van der Waals surface area contributed by atoms with Gasteiger partial charge in [0.25, 0.3) is 0 Å². The van der Waals surface area contributed by atoms with Crippen molar-refractivity contribution < 1.29 is 0 Å². The van der Waals surface area contributed by atoms with Gasteiger partial charge in [-0.15, -0.1) is 0 Å². The van der Waals surface area contributed by atoms with Crippen molar-refractivity contribution in [2.45, 2.75) is 13.5 Å². The van der Waals surface area contributed by atoms with Crippen LogP contribution in [0.25, 0.3) is 10.9 Å². The van der Waals surface area contributed by atoms with E-state index in [1.807, 2.05) is 31.3 Å². The first-order valence-corrected chi connectivity index (χ1v) is 6.77. The molecule has 0 spiro atoms. The summed E-state index contributed by atoms with van der Waals surface area (Å²) in [7, 11) is 2.02. The van der Waals surface area contributed by atoms with Crippen molar-refractivity contribution in [1.29, 1.82) is 0 Å². The Bertz CT molecular complexity index is 762. The highest BCUT2D eigenvalue weighted by atomic mass is 15.2. The Kier molecular flexibility index (Phi) is 3.39. The number of nitrogens with zero attached hydrogens (tertiary/aromatic N) is 4. The lowest BCUT2D eigenvalue weighted by atomic mass is 10.1. The van der Waals surface area contributed by atoms with E-state index in [0.717, 1.165) is 22.3 Å². The Morgan fingerprint density at radius 2 is 1.95 bits per heavy atom. The molecule has 2 aromatic heterocycles. The standard InChI is InChI=1S/C16H17N5/c1-11-4-3-5-13-15(11)16(20-10-19-13)21(2)9-12-6-7-14(17)18-8-12/h3-8,10H,9H2,1-2H3,(H2,17,18). The lowest BCUT2D eigenvalue weighted by Gasteiger charge is -2.20. The van der Waals surface area contributed by atoms with E-state index < -0.39 is 0 Å². The molecule has 0 atom stereocenters. The molecule has 106 valence electrons. The van der Waals surface area contributed by atoms with Gasteiger partial charge < -0.3 is 10.6 Å². The van der Waals surface area contributed by atoms with Crippen LogP contribution in [0.2, 0.25) is 0 Å². The zero-order valence-corrected chi connectivity index (χ0v) is 12.1. The summed E-state index contributed by atoms with van der Waals surface area (Å²) in [5.41, 5.74) is 8.84. The van der Waals surface area contributed by atoms with Crippen molar-refractivity contribution in [2.75, 3.05) is 17.7 Å². The molecule has 3 rings (SSSR count). The number of hydrogen-bond donors (Lipinski definition) is 1. The fourth-order valence-corrected chi connectivity index (χ4v) is 2.43. The van der Waals surface area contributed by atoms with E-state index in [4.69, 9.17) is 5.73 Å². The van der Waals surface area contributed by atoms with Gasteiger partial charge in [0.05, 0.1) is 5.52 Å². The highest BCUT2D eigenvalue weighted by molar-refractivity contribution is 5.92. The average molecular weight is 279 g/mol. The third kappa shape index (κ3) is 2.63. The molecule has 21 heavy (non-hydrogen) atoms. The molecule has 0 radical (unpaired) electrons. The molecule has 0 aliphatic heterocycles. The molecule has 2 heterocycles. The quantitative estimate of drug-likeness (QED) is 0.798. The molecule has 0 aliphatic carbocycles. The van der Waals surface area contributed by atoms with Gasteiger partial charge >= 0.3 is 0 Å². The maximum absolute atomic E-state index is 5.62. The first kappa shape index (κ1) is 13.3. The summed E-state index contributed by atoms with van der Waals surface area (Å²) in [6.45, 7) is 2.79. The van der Waals surface area contributed by atoms with Crippen LogP contribution in [-0.4, -0.2) is 22.0 Å². The minimum Gasteiger partial charge on any atom is -0.384 e. The number of fused-ring (bicyclic) bond motifs is 1. The second-order valence-electron chi connectivity index (χ2n) is 5.11. The molecule has 1 aromatic carbocycles. The van der Waals surface area contributed by atoms with Crippen LogP contribution in [0.15, 0.2) is 42.9 Å². The fraction of sp³-hybridized carbons (Fsp3) is 0.188. The van der Waals surface area contributed by atoms with Gasteiger partial charge in [-0.05, 0) is 30.2 Å². The van der Waals surface area contributed by atoms with Crippen LogP contribution >= 0.6 is 0 Å². The molecular weight excluding hydrogens is 262 g/mol. The highest BCUT2D eigenvalue weighted by Crippen LogP contribution is 2.26. The van der Waals surface area contributed by atoms with Crippen LogP contribution in [0.1, 0.15) is 11.1 Å². The van der Waals surface area contributed by atoms with Gasteiger partial charge in [0.2, 0.25) is 0 Å². The van der Waals surface area contributed by atoms with Crippen molar-refractivity contribution in [1.82, 2.24) is 15.0 Å². The number of rotatable bonds is 3. The molecule has 0 saturated carbocycles. The fourth-order valence-electron chi connectivity index (χ4n) is 2.43. The van der Waals surface area contributed by atoms with Crippen molar-refractivity contribution >= 4 is 22.5 Å². The van der Waals surface area contributed by atoms with Crippen LogP contribution in [0, 0.1) is 6.92 Å². The third-order valence-electron chi connectivity index (χ3n) is 3.48. The number of hydrogen-bond acceptors (Lipinski definition) is 5. The van der Waals surface area contributed by atoms with Crippen LogP contribution in [-0.2, 0) is 6.54 Å². The monoisotopic (exact) mass is 279 g/mol. The Morgan fingerprint density at radius 1 is 1.10 bits per heavy atom. The molecule has 0 saturated heterocycles. The van der Waals surface area contributed by atoms with Gasteiger partial charge in [0.1, 0.15) is 18.0 Å². The number of aromatic nitrogens is 3. The first-order chi connectivity index (χ1) is 10.1. The van der Waals surface area contributed by atoms with Gasteiger partial charge in [-0.25, -0.2) is 15.0 Å². The van der Waals surface area contributed by atoms with E-state index in [1.54, 1.807) is 12.5 Å². The molecule has 0 unspecified atom stereocenters. The van der Waals surface area contributed by atoms with Crippen molar-refractivity contribution in [2.24, 2.45) is 0 Å². The first-order valence-electron chi connectivity index (χ1n) is 6.77. The molecular formula is C16H17N5. The van der Waals surface area contributed by atoms with E-state index in [9.17, 15) is 0 Å². The number of benzene rings is 1. The molecule has 3 aromatic rings. The summed E-state index contributed by atoms with van der Waals surface area (Å²) < 4.78 is 0. The molecule has 5 heteroatoms.